The first-order chi connectivity index (χ1) is 36.5. The van der Waals surface area contributed by atoms with E-state index in [1.54, 1.807) is 0 Å². The fourth-order valence-corrected chi connectivity index (χ4v) is 11.0. The van der Waals surface area contributed by atoms with Gasteiger partial charge in [0.2, 0.25) is 0 Å². The Morgan fingerprint density at radius 1 is 0.324 bits per heavy atom. The molecule has 1 nitrogen and oxygen atoms in total. The van der Waals surface area contributed by atoms with Gasteiger partial charge in [-0.05, 0) is 151 Å². The van der Waals surface area contributed by atoms with E-state index in [0.29, 0.717) is 0 Å². The number of rotatable bonds is 14. The largest absolute Gasteiger partial charge is 0.352 e. The third-order valence-corrected chi connectivity index (χ3v) is 15.4. The lowest BCUT2D eigenvalue weighted by Crippen LogP contribution is -1.96. The molecule has 0 radical (unpaired) electrons. The highest BCUT2D eigenvalue weighted by Gasteiger charge is 2.16. The Morgan fingerprint density at radius 2 is 0.622 bits per heavy atom. The van der Waals surface area contributed by atoms with Crippen LogP contribution in [0.4, 0.5) is 0 Å². The van der Waals surface area contributed by atoms with Crippen LogP contribution in [0.2, 0.25) is 0 Å². The van der Waals surface area contributed by atoms with Crippen LogP contribution in [0.1, 0.15) is 125 Å². The molecule has 0 aliphatic heterocycles. The molecule has 0 atom stereocenters. The van der Waals surface area contributed by atoms with Gasteiger partial charge in [-0.2, -0.15) is 0 Å². The summed E-state index contributed by atoms with van der Waals surface area (Å²) >= 11 is 0. The molecule has 0 saturated carbocycles. The number of aryl methyl sites for hydroxylation is 1. The summed E-state index contributed by atoms with van der Waals surface area (Å²) in [4.78, 5) is 3.82. The summed E-state index contributed by atoms with van der Waals surface area (Å²) < 4.78 is 0. The summed E-state index contributed by atoms with van der Waals surface area (Å²) in [6, 6.07) is 66.8. The van der Waals surface area contributed by atoms with Crippen molar-refractivity contribution in [2.24, 2.45) is 0 Å². The maximum Gasteiger partial charge on any atom is 0.0934 e. The van der Waals surface area contributed by atoms with Gasteiger partial charge in [0.15, 0.2) is 0 Å². The Balaban J connectivity index is 1.01. The Bertz CT molecular complexity index is 3420. The Labute approximate surface area is 442 Å². The van der Waals surface area contributed by atoms with Crippen molar-refractivity contribution in [1.82, 2.24) is 4.98 Å². The van der Waals surface area contributed by atoms with Gasteiger partial charge < -0.3 is 4.98 Å². The van der Waals surface area contributed by atoms with E-state index in [4.69, 9.17) is 6.42 Å². The minimum Gasteiger partial charge on any atom is -0.352 e. The second-order valence-corrected chi connectivity index (χ2v) is 20.5. The fraction of sp³-hybridized carbons (Fsp3) is 0.233. The number of hydrogen-bond donors (Lipinski definition) is 1. The zero-order valence-electron chi connectivity index (χ0n) is 43.8. The second kappa shape index (κ2) is 23.8. The smallest absolute Gasteiger partial charge is 0.0934 e. The van der Waals surface area contributed by atoms with Gasteiger partial charge in [0, 0.05) is 16.8 Å². The quantitative estimate of drug-likeness (QED) is 0.0826. The molecule has 22 aliphatic carbocycles. The molecule has 9 aromatic rings. The summed E-state index contributed by atoms with van der Waals surface area (Å²) in [5.41, 5.74) is 25.8. The van der Waals surface area contributed by atoms with Gasteiger partial charge in [-0.1, -0.05) is 260 Å². The van der Waals surface area contributed by atoms with E-state index in [1.807, 2.05) is 0 Å². The highest BCUT2D eigenvalue weighted by atomic mass is 14.7. The number of unbranched alkanes of at least 4 members (excludes halogenated alkanes) is 10. The van der Waals surface area contributed by atoms with Gasteiger partial charge in [-0.25, -0.2) is 0 Å². The van der Waals surface area contributed by atoms with Crippen LogP contribution in [0.5, 0.6) is 0 Å². The molecule has 16 bridgehead atoms. The summed E-state index contributed by atoms with van der Waals surface area (Å²) in [5, 5.41) is 0. The molecule has 1 aromatic heterocycles. The lowest BCUT2D eigenvalue weighted by molar-refractivity contribution is 0.599. The molecule has 0 spiro atoms. The second-order valence-electron chi connectivity index (χ2n) is 20.5. The van der Waals surface area contributed by atoms with Crippen molar-refractivity contribution in [3.8, 4) is 113 Å². The first-order valence-corrected chi connectivity index (χ1v) is 27.6. The maximum absolute atomic E-state index is 6.15. The number of terminal acetylenes is 1. The van der Waals surface area contributed by atoms with Crippen molar-refractivity contribution in [1.29, 1.82) is 0 Å². The standard InChI is InChI=1S/C73H69N/c1-5-8-10-12-14-16-18-69-52(4)74-73(72(69)19-17-15-13-11-9-6-2)49-46-68-51-67-45-48-71(68)65-42-38-61(39-43-65)57-26-22-54(23-27-57)58-28-32-62(33-29-58)66-44-47-70(53(7-3)50-66)64-40-36-60(37-41-64)56-24-20-55(21-25-56)59-30-34-63(67)35-31-59/h3,20-45,47-48,50-51,74H,5-6,8-19H2,1-2,4H3. The predicted molar refractivity (Wildman–Crippen MR) is 317 cm³/mol. The van der Waals surface area contributed by atoms with Crippen LogP contribution in [-0.4, -0.2) is 4.98 Å². The Hall–Kier alpha value is -7.84. The van der Waals surface area contributed by atoms with Crippen LogP contribution in [0.3, 0.4) is 0 Å². The number of benzene rings is 8. The molecule has 31 rings (SSSR count). The minimum absolute atomic E-state index is 0.887. The van der Waals surface area contributed by atoms with Crippen LogP contribution in [0.15, 0.2) is 182 Å². The number of hydrogen-bond acceptors (Lipinski definition) is 0. The first kappa shape index (κ1) is 49.7. The van der Waals surface area contributed by atoms with E-state index < -0.39 is 0 Å². The van der Waals surface area contributed by atoms with Crippen molar-refractivity contribution in [3.63, 3.8) is 0 Å². The number of aromatic amines is 1. The molecule has 0 unspecified atom stereocenters. The maximum atomic E-state index is 6.15. The zero-order chi connectivity index (χ0) is 50.6. The number of aromatic nitrogens is 1. The number of H-pyrrole nitrogens is 1. The van der Waals surface area contributed by atoms with Crippen LogP contribution in [-0.2, 0) is 12.8 Å². The third kappa shape index (κ3) is 11.5. The molecule has 0 fully saturated rings. The van der Waals surface area contributed by atoms with E-state index in [-0.39, 0.29) is 0 Å². The van der Waals surface area contributed by atoms with Gasteiger partial charge >= 0.3 is 0 Å². The first-order valence-electron chi connectivity index (χ1n) is 27.6. The minimum atomic E-state index is 0.887. The van der Waals surface area contributed by atoms with Crippen LogP contribution >= 0.6 is 0 Å². The summed E-state index contributed by atoms with van der Waals surface area (Å²) in [5.74, 6) is 10.5. The van der Waals surface area contributed by atoms with Crippen molar-refractivity contribution >= 4 is 0 Å². The van der Waals surface area contributed by atoms with Gasteiger partial charge in [-0.15, -0.1) is 6.42 Å². The molecule has 1 N–H and O–H groups in total. The van der Waals surface area contributed by atoms with Gasteiger partial charge in [0.05, 0.1) is 5.69 Å². The molecule has 74 heavy (non-hydrogen) atoms. The van der Waals surface area contributed by atoms with Gasteiger partial charge in [0.25, 0.3) is 0 Å². The lowest BCUT2D eigenvalue weighted by atomic mass is 9.92. The van der Waals surface area contributed by atoms with Crippen LogP contribution in [0, 0.1) is 31.1 Å². The molecule has 0 amide bonds. The highest BCUT2D eigenvalue weighted by molar-refractivity contribution is 5.82. The normalized spacial score (nSPS) is 11.3. The number of nitrogens with one attached hydrogen (secondary N) is 1. The van der Waals surface area contributed by atoms with E-state index in [0.717, 1.165) is 68.6 Å². The van der Waals surface area contributed by atoms with E-state index >= 15 is 0 Å². The molecule has 366 valence electrons. The van der Waals surface area contributed by atoms with E-state index in [1.165, 1.54) is 144 Å². The predicted octanol–water partition coefficient (Wildman–Crippen LogP) is 20.2. The van der Waals surface area contributed by atoms with Crippen molar-refractivity contribution < 1.29 is 0 Å². The van der Waals surface area contributed by atoms with Gasteiger partial charge in [0.1, 0.15) is 0 Å². The molecule has 1 heterocycles. The van der Waals surface area contributed by atoms with Crippen LogP contribution in [0.25, 0.3) is 89.0 Å². The Morgan fingerprint density at radius 3 is 1.00 bits per heavy atom. The fourth-order valence-electron chi connectivity index (χ4n) is 11.0. The summed E-state index contributed by atoms with van der Waals surface area (Å²) in [7, 11) is 0. The lowest BCUT2D eigenvalue weighted by Gasteiger charge is -2.12. The molecule has 1 heteroatoms. The SMILES string of the molecule is C#Cc1cc2ccc1-c1ccc(cc1)-c1ccc(cc1)-c1ccc(cc1)-c1ccc(c(C#Cc3[nH]c(C)c(CCCCCCCC)c3CCCCCCCC)c1)-c1ccc(cc1)-c1ccc(cc1)-c1ccc-2cc1. The summed E-state index contributed by atoms with van der Waals surface area (Å²) in [6.45, 7) is 6.87. The van der Waals surface area contributed by atoms with E-state index in [2.05, 4.69) is 226 Å². The zero-order valence-corrected chi connectivity index (χ0v) is 43.8. The molecular weight excluding hydrogens is 891 g/mol. The van der Waals surface area contributed by atoms with Crippen molar-refractivity contribution in [2.45, 2.75) is 111 Å². The molecular formula is C73H69N. The highest BCUT2D eigenvalue weighted by Crippen LogP contribution is 2.36. The van der Waals surface area contributed by atoms with E-state index in [9.17, 15) is 0 Å². The van der Waals surface area contributed by atoms with Crippen molar-refractivity contribution in [3.05, 3.63) is 216 Å². The monoisotopic (exact) mass is 960 g/mol. The molecule has 0 saturated heterocycles. The van der Waals surface area contributed by atoms with Crippen LogP contribution < -0.4 is 0 Å². The molecule has 8 aromatic carbocycles. The summed E-state index contributed by atoms with van der Waals surface area (Å²) in [6.07, 6.45) is 23.9. The average Bonchev–Trinajstić information content (AvgIpc) is 3.76. The topological polar surface area (TPSA) is 15.8 Å². The average molecular weight is 960 g/mol. The molecule has 22 aliphatic rings. The van der Waals surface area contributed by atoms with Crippen molar-refractivity contribution in [2.75, 3.05) is 0 Å². The third-order valence-electron chi connectivity index (χ3n) is 15.4. The Kier molecular flexibility index (Phi) is 16.0. The van der Waals surface area contributed by atoms with Gasteiger partial charge in [-0.3, -0.25) is 0 Å².